The summed E-state index contributed by atoms with van der Waals surface area (Å²) in [6.07, 6.45) is 3.60. The number of benzene rings is 2. The number of para-hydroxylation sites is 1. The molecule has 0 saturated carbocycles. The Morgan fingerprint density at radius 3 is 2.44 bits per heavy atom. The molecule has 1 aliphatic rings. The van der Waals surface area contributed by atoms with E-state index >= 15 is 0 Å². The van der Waals surface area contributed by atoms with Gasteiger partial charge in [0.1, 0.15) is 18.4 Å². The molecule has 0 aliphatic carbocycles. The molecule has 1 aliphatic heterocycles. The van der Waals surface area contributed by atoms with Crippen LogP contribution >= 0.6 is 0 Å². The summed E-state index contributed by atoms with van der Waals surface area (Å²) in [5.74, 6) is -0.452. The number of carbonyl (C=O) groups is 2. The predicted octanol–water partition coefficient (Wildman–Crippen LogP) is 2.39. The number of hydrogen-bond acceptors (Lipinski definition) is 5. The number of amides is 2. The highest BCUT2D eigenvalue weighted by molar-refractivity contribution is 6.44. The van der Waals surface area contributed by atoms with Crippen molar-refractivity contribution in [2.24, 2.45) is 5.10 Å². The van der Waals surface area contributed by atoms with E-state index < -0.39 is 0 Å². The molecule has 0 atom stereocenters. The molecule has 0 bridgehead atoms. The van der Waals surface area contributed by atoms with Crippen LogP contribution in [0.25, 0.3) is 5.69 Å². The Labute approximate surface area is 155 Å². The molecule has 8 nitrogen and oxygen atoms in total. The lowest BCUT2D eigenvalue weighted by Crippen LogP contribution is -2.36. The Morgan fingerprint density at radius 1 is 0.963 bits per heavy atom. The molecule has 2 amide bonds. The molecule has 4 rings (SSSR count). The van der Waals surface area contributed by atoms with Crippen molar-refractivity contribution in [3.8, 4) is 5.69 Å². The molecule has 0 spiro atoms. The number of hydrogen-bond donors (Lipinski definition) is 1. The minimum atomic E-state index is -0.322. The molecule has 134 valence electrons. The first-order valence-corrected chi connectivity index (χ1v) is 8.42. The monoisotopic (exact) mass is 360 g/mol. The standard InChI is InChI=1S/C19H16N6O2/c26-18-11-10-17(23-25(18)16-4-2-1-3-5-16)19(27)22-14-6-8-15(9-7-14)24-13-20-12-21-24/h1-9,12-13H,10-11H2,(H,22,27). The molecule has 8 heteroatoms. The van der Waals surface area contributed by atoms with Crippen LogP contribution in [0.1, 0.15) is 12.8 Å². The van der Waals surface area contributed by atoms with Crippen LogP contribution in [0.5, 0.6) is 0 Å². The van der Waals surface area contributed by atoms with Gasteiger partial charge in [0.25, 0.3) is 5.91 Å². The summed E-state index contributed by atoms with van der Waals surface area (Å²) < 4.78 is 1.63. The molecule has 27 heavy (non-hydrogen) atoms. The second-order valence-electron chi connectivity index (χ2n) is 5.93. The number of aromatic nitrogens is 3. The zero-order valence-electron chi connectivity index (χ0n) is 14.3. The van der Waals surface area contributed by atoms with Gasteiger partial charge in [-0.05, 0) is 36.4 Å². The van der Waals surface area contributed by atoms with E-state index in [2.05, 4.69) is 20.5 Å². The van der Waals surface area contributed by atoms with Crippen LogP contribution in [0.4, 0.5) is 11.4 Å². The summed E-state index contributed by atoms with van der Waals surface area (Å²) in [6.45, 7) is 0. The van der Waals surface area contributed by atoms with Crippen molar-refractivity contribution in [2.75, 3.05) is 10.3 Å². The molecule has 0 unspecified atom stereocenters. The largest absolute Gasteiger partial charge is 0.321 e. The molecule has 1 N–H and O–H groups in total. The van der Waals surface area contributed by atoms with E-state index in [0.29, 0.717) is 23.5 Å². The summed E-state index contributed by atoms with van der Waals surface area (Å²) >= 11 is 0. The molecule has 2 heterocycles. The van der Waals surface area contributed by atoms with Crippen LogP contribution in [-0.2, 0) is 9.59 Å². The lowest BCUT2D eigenvalue weighted by Gasteiger charge is -2.23. The number of rotatable bonds is 4. The maximum atomic E-state index is 12.6. The number of carbonyl (C=O) groups excluding carboxylic acids is 2. The summed E-state index contributed by atoms with van der Waals surface area (Å²) in [5, 5.41) is 12.4. The molecular weight excluding hydrogens is 344 g/mol. The van der Waals surface area contributed by atoms with E-state index in [1.807, 2.05) is 30.3 Å². The first-order chi connectivity index (χ1) is 13.2. The minimum Gasteiger partial charge on any atom is -0.321 e. The van der Waals surface area contributed by atoms with E-state index in [0.717, 1.165) is 5.69 Å². The van der Waals surface area contributed by atoms with Crippen molar-refractivity contribution < 1.29 is 9.59 Å². The van der Waals surface area contributed by atoms with Gasteiger partial charge in [-0.15, -0.1) is 0 Å². The Hall–Kier alpha value is -3.81. The third-order valence-corrected chi connectivity index (χ3v) is 4.10. The van der Waals surface area contributed by atoms with Gasteiger partial charge >= 0.3 is 0 Å². The SMILES string of the molecule is O=C(Nc1ccc(-n2cncn2)cc1)C1=NN(c2ccccc2)C(=O)CC1. The Balaban J connectivity index is 1.50. The zero-order chi connectivity index (χ0) is 18.6. The second-order valence-corrected chi connectivity index (χ2v) is 5.93. The van der Waals surface area contributed by atoms with E-state index in [-0.39, 0.29) is 18.2 Å². The highest BCUT2D eigenvalue weighted by Gasteiger charge is 2.25. The van der Waals surface area contributed by atoms with Gasteiger partial charge in [0, 0.05) is 18.5 Å². The Morgan fingerprint density at radius 2 is 1.74 bits per heavy atom. The fraction of sp³-hybridized carbons (Fsp3) is 0.105. The topological polar surface area (TPSA) is 92.5 Å². The van der Waals surface area contributed by atoms with Crippen molar-refractivity contribution in [1.82, 2.24) is 14.8 Å². The van der Waals surface area contributed by atoms with E-state index in [1.165, 1.54) is 11.3 Å². The van der Waals surface area contributed by atoms with E-state index in [9.17, 15) is 9.59 Å². The Bertz CT molecular complexity index is 981. The predicted molar refractivity (Wildman–Crippen MR) is 101 cm³/mol. The Kier molecular flexibility index (Phi) is 4.44. The average Bonchev–Trinajstić information content (AvgIpc) is 3.24. The van der Waals surface area contributed by atoms with Crippen LogP contribution in [0.3, 0.4) is 0 Å². The molecule has 1 aromatic heterocycles. The van der Waals surface area contributed by atoms with Gasteiger partial charge in [0.2, 0.25) is 5.91 Å². The molecule has 3 aromatic rings. The van der Waals surface area contributed by atoms with Crippen LogP contribution in [0.2, 0.25) is 0 Å². The first kappa shape index (κ1) is 16.6. The number of nitrogens with one attached hydrogen (secondary N) is 1. The quantitative estimate of drug-likeness (QED) is 0.773. The highest BCUT2D eigenvalue weighted by Crippen LogP contribution is 2.20. The third kappa shape index (κ3) is 3.59. The summed E-state index contributed by atoms with van der Waals surface area (Å²) in [4.78, 5) is 28.6. The van der Waals surface area contributed by atoms with Crippen molar-refractivity contribution in [1.29, 1.82) is 0 Å². The maximum absolute atomic E-state index is 12.6. The summed E-state index contributed by atoms with van der Waals surface area (Å²) in [5.41, 5.74) is 2.43. The zero-order valence-corrected chi connectivity index (χ0v) is 14.3. The maximum Gasteiger partial charge on any atom is 0.271 e. The van der Waals surface area contributed by atoms with Gasteiger partial charge in [-0.2, -0.15) is 10.2 Å². The molecular formula is C19H16N6O2. The molecule has 0 saturated heterocycles. The smallest absolute Gasteiger partial charge is 0.271 e. The summed E-state index contributed by atoms with van der Waals surface area (Å²) in [6, 6.07) is 16.3. The van der Waals surface area contributed by atoms with Crippen LogP contribution < -0.4 is 10.3 Å². The number of nitrogens with zero attached hydrogens (tertiary/aromatic N) is 5. The van der Waals surface area contributed by atoms with Gasteiger partial charge in [-0.1, -0.05) is 18.2 Å². The highest BCUT2D eigenvalue weighted by atomic mass is 16.2. The van der Waals surface area contributed by atoms with Gasteiger partial charge in [-0.25, -0.2) is 14.7 Å². The van der Waals surface area contributed by atoms with Gasteiger partial charge in [-0.3, -0.25) is 9.59 Å². The second kappa shape index (κ2) is 7.20. The first-order valence-electron chi connectivity index (χ1n) is 8.42. The van der Waals surface area contributed by atoms with E-state index in [4.69, 9.17) is 0 Å². The summed E-state index contributed by atoms with van der Waals surface area (Å²) in [7, 11) is 0. The molecule has 0 radical (unpaired) electrons. The lowest BCUT2D eigenvalue weighted by molar-refractivity contribution is -0.118. The third-order valence-electron chi connectivity index (χ3n) is 4.10. The van der Waals surface area contributed by atoms with Crippen molar-refractivity contribution in [3.05, 3.63) is 67.3 Å². The number of anilines is 2. The van der Waals surface area contributed by atoms with Gasteiger partial charge < -0.3 is 5.32 Å². The van der Waals surface area contributed by atoms with Crippen molar-refractivity contribution in [3.63, 3.8) is 0 Å². The molecule has 2 aromatic carbocycles. The average molecular weight is 360 g/mol. The van der Waals surface area contributed by atoms with Gasteiger partial charge in [0.15, 0.2) is 0 Å². The minimum absolute atomic E-state index is 0.130. The molecule has 0 fully saturated rings. The van der Waals surface area contributed by atoms with Crippen LogP contribution in [0.15, 0.2) is 72.4 Å². The fourth-order valence-corrected chi connectivity index (χ4v) is 2.73. The van der Waals surface area contributed by atoms with E-state index in [1.54, 1.807) is 35.3 Å². The van der Waals surface area contributed by atoms with Crippen LogP contribution in [0, 0.1) is 0 Å². The lowest BCUT2D eigenvalue weighted by atomic mass is 10.1. The number of hydrazone groups is 1. The van der Waals surface area contributed by atoms with Crippen molar-refractivity contribution in [2.45, 2.75) is 12.8 Å². The fourth-order valence-electron chi connectivity index (χ4n) is 2.73. The van der Waals surface area contributed by atoms with Crippen LogP contribution in [-0.4, -0.2) is 32.3 Å². The van der Waals surface area contributed by atoms with Gasteiger partial charge in [0.05, 0.1) is 11.4 Å². The van der Waals surface area contributed by atoms with Crippen molar-refractivity contribution >= 4 is 28.9 Å². The normalized spacial score (nSPS) is 14.0.